The summed E-state index contributed by atoms with van der Waals surface area (Å²) in [5.41, 5.74) is 3.49. The molecule has 1 aliphatic rings. The summed E-state index contributed by atoms with van der Waals surface area (Å²) in [6, 6.07) is 9.67. The van der Waals surface area contributed by atoms with Crippen molar-refractivity contribution < 1.29 is 9.90 Å². The van der Waals surface area contributed by atoms with E-state index in [9.17, 15) is 4.79 Å². The van der Waals surface area contributed by atoms with Crippen LogP contribution >= 0.6 is 0 Å². The number of aromatic carboxylic acids is 1. The molecule has 5 heteroatoms. The second-order valence-corrected chi connectivity index (χ2v) is 6.86. The van der Waals surface area contributed by atoms with Gasteiger partial charge < -0.3 is 10.0 Å². The number of pyridine rings is 1. The minimum atomic E-state index is -0.905. The average molecular weight is 339 g/mol. The van der Waals surface area contributed by atoms with Crippen LogP contribution in [0.2, 0.25) is 0 Å². The maximum Gasteiger partial charge on any atom is 0.335 e. The van der Waals surface area contributed by atoms with Gasteiger partial charge in [-0.2, -0.15) is 0 Å². The summed E-state index contributed by atoms with van der Waals surface area (Å²) in [5.74, 6) is 0.115. The van der Waals surface area contributed by atoms with Crippen LogP contribution in [0.15, 0.2) is 36.5 Å². The van der Waals surface area contributed by atoms with Gasteiger partial charge in [-0.25, -0.2) is 9.78 Å². The number of hydrogen-bond donors (Lipinski definition) is 1. The van der Waals surface area contributed by atoms with Crippen LogP contribution in [-0.2, 0) is 0 Å². The van der Waals surface area contributed by atoms with Gasteiger partial charge in [-0.1, -0.05) is 12.1 Å². The number of rotatable bonds is 4. The molecule has 132 valence electrons. The van der Waals surface area contributed by atoms with E-state index < -0.39 is 5.97 Å². The van der Waals surface area contributed by atoms with Crippen molar-refractivity contribution >= 4 is 11.8 Å². The van der Waals surface area contributed by atoms with Crippen molar-refractivity contribution in [1.29, 1.82) is 0 Å². The Bertz CT molecular complexity index is 748. The maximum atomic E-state index is 11.0. The molecule has 5 nitrogen and oxygen atoms in total. The number of anilines is 1. The number of carbonyl (C=O) groups is 1. The minimum absolute atomic E-state index is 0.300. The minimum Gasteiger partial charge on any atom is -0.478 e. The summed E-state index contributed by atoms with van der Waals surface area (Å²) < 4.78 is 0. The number of carboxylic acids is 1. The first-order valence-corrected chi connectivity index (χ1v) is 8.75. The molecule has 0 bridgehead atoms. The van der Waals surface area contributed by atoms with E-state index in [0.717, 1.165) is 48.7 Å². The van der Waals surface area contributed by atoms with E-state index in [-0.39, 0.29) is 0 Å². The van der Waals surface area contributed by atoms with Gasteiger partial charge in [0.15, 0.2) is 0 Å². The predicted molar refractivity (Wildman–Crippen MR) is 100 cm³/mol. The van der Waals surface area contributed by atoms with Crippen molar-refractivity contribution in [2.24, 2.45) is 0 Å². The summed E-state index contributed by atoms with van der Waals surface area (Å²) >= 11 is 0. The smallest absolute Gasteiger partial charge is 0.335 e. The quantitative estimate of drug-likeness (QED) is 0.926. The Morgan fingerprint density at radius 3 is 2.28 bits per heavy atom. The summed E-state index contributed by atoms with van der Waals surface area (Å²) in [6.45, 7) is 10.7. The van der Waals surface area contributed by atoms with Crippen molar-refractivity contribution in [2.45, 2.75) is 26.8 Å². The maximum absolute atomic E-state index is 11.0. The Balaban J connectivity index is 1.76. The van der Waals surface area contributed by atoms with Crippen LogP contribution in [0.1, 0.15) is 29.8 Å². The Morgan fingerprint density at radius 1 is 1.12 bits per heavy atom. The van der Waals surface area contributed by atoms with Crippen LogP contribution in [-0.4, -0.2) is 53.2 Å². The molecule has 3 rings (SSSR count). The van der Waals surface area contributed by atoms with Crippen LogP contribution in [0, 0.1) is 6.92 Å². The van der Waals surface area contributed by atoms with Gasteiger partial charge in [0.2, 0.25) is 0 Å². The lowest BCUT2D eigenvalue weighted by molar-refractivity contribution is 0.0697. The van der Waals surface area contributed by atoms with E-state index in [0.29, 0.717) is 11.6 Å². The molecule has 1 aromatic carbocycles. The van der Waals surface area contributed by atoms with Crippen LogP contribution in [0.5, 0.6) is 0 Å². The molecule has 0 unspecified atom stereocenters. The third kappa shape index (κ3) is 3.82. The molecule has 0 saturated carbocycles. The van der Waals surface area contributed by atoms with Crippen LogP contribution in [0.25, 0.3) is 11.1 Å². The number of hydrogen-bond acceptors (Lipinski definition) is 4. The second kappa shape index (κ2) is 7.23. The summed E-state index contributed by atoms with van der Waals surface area (Å²) in [7, 11) is 0. The first-order valence-electron chi connectivity index (χ1n) is 8.75. The number of nitrogens with zero attached hydrogens (tertiary/aromatic N) is 3. The third-order valence-electron chi connectivity index (χ3n) is 4.91. The number of aromatic nitrogens is 1. The first-order chi connectivity index (χ1) is 12.0. The van der Waals surface area contributed by atoms with Crippen molar-refractivity contribution in [2.75, 3.05) is 31.1 Å². The number of carboxylic acid groups (broad SMARTS) is 1. The molecule has 1 N–H and O–H groups in total. The summed E-state index contributed by atoms with van der Waals surface area (Å²) in [5, 5.41) is 9.01. The van der Waals surface area contributed by atoms with Gasteiger partial charge in [0.1, 0.15) is 5.82 Å². The Morgan fingerprint density at radius 2 is 1.76 bits per heavy atom. The SMILES string of the molecule is Cc1cc(N2CCN(C(C)C)CC2)ncc1-c1ccc(C(=O)O)cc1. The zero-order valence-corrected chi connectivity index (χ0v) is 15.1. The third-order valence-corrected chi connectivity index (χ3v) is 4.91. The summed E-state index contributed by atoms with van der Waals surface area (Å²) in [6.07, 6.45) is 1.90. The largest absolute Gasteiger partial charge is 0.478 e. The molecule has 2 aromatic rings. The molecule has 25 heavy (non-hydrogen) atoms. The average Bonchev–Trinajstić information content (AvgIpc) is 2.62. The van der Waals surface area contributed by atoms with Gasteiger partial charge in [0, 0.05) is 44.0 Å². The van der Waals surface area contributed by atoms with E-state index in [4.69, 9.17) is 5.11 Å². The van der Waals surface area contributed by atoms with Crippen molar-refractivity contribution in [3.8, 4) is 11.1 Å². The van der Waals surface area contributed by atoms with Crippen LogP contribution in [0.3, 0.4) is 0 Å². The molecule has 0 radical (unpaired) electrons. The molecule has 0 spiro atoms. The van der Waals surface area contributed by atoms with Crippen LogP contribution in [0.4, 0.5) is 5.82 Å². The molecule has 1 fully saturated rings. The molecular formula is C20H25N3O2. The van der Waals surface area contributed by atoms with Crippen molar-refractivity contribution in [1.82, 2.24) is 9.88 Å². The van der Waals surface area contributed by atoms with Gasteiger partial charge >= 0.3 is 5.97 Å². The fraction of sp³-hybridized carbons (Fsp3) is 0.400. The van der Waals surface area contributed by atoms with Gasteiger partial charge in [-0.15, -0.1) is 0 Å². The fourth-order valence-electron chi connectivity index (χ4n) is 3.28. The van der Waals surface area contributed by atoms with E-state index in [1.807, 2.05) is 18.3 Å². The highest BCUT2D eigenvalue weighted by Crippen LogP contribution is 2.26. The monoisotopic (exact) mass is 339 g/mol. The Hall–Kier alpha value is -2.40. The van der Waals surface area contributed by atoms with Gasteiger partial charge in [0.25, 0.3) is 0 Å². The first kappa shape index (κ1) is 17.4. The lowest BCUT2D eigenvalue weighted by Gasteiger charge is -2.37. The molecule has 0 atom stereocenters. The fourth-order valence-corrected chi connectivity index (χ4v) is 3.28. The number of piperazine rings is 1. The van der Waals surface area contributed by atoms with Gasteiger partial charge in [-0.3, -0.25) is 4.90 Å². The lowest BCUT2D eigenvalue weighted by Crippen LogP contribution is -2.49. The molecule has 1 saturated heterocycles. The molecular weight excluding hydrogens is 314 g/mol. The van der Waals surface area contributed by atoms with Crippen molar-refractivity contribution in [3.05, 3.63) is 47.7 Å². The number of benzene rings is 1. The molecule has 1 aliphatic heterocycles. The number of aryl methyl sites for hydroxylation is 1. The lowest BCUT2D eigenvalue weighted by atomic mass is 10.0. The zero-order valence-electron chi connectivity index (χ0n) is 15.1. The highest BCUT2D eigenvalue weighted by Gasteiger charge is 2.20. The van der Waals surface area contributed by atoms with Crippen molar-refractivity contribution in [3.63, 3.8) is 0 Å². The van der Waals surface area contributed by atoms with Crippen LogP contribution < -0.4 is 4.90 Å². The van der Waals surface area contributed by atoms with E-state index in [1.54, 1.807) is 12.1 Å². The highest BCUT2D eigenvalue weighted by molar-refractivity contribution is 5.88. The Labute approximate surface area is 148 Å². The van der Waals surface area contributed by atoms with Gasteiger partial charge in [0.05, 0.1) is 5.56 Å². The zero-order chi connectivity index (χ0) is 18.0. The topological polar surface area (TPSA) is 56.7 Å². The predicted octanol–water partition coefficient (Wildman–Crippen LogP) is 3.29. The molecule has 2 heterocycles. The second-order valence-electron chi connectivity index (χ2n) is 6.86. The van der Waals surface area contributed by atoms with Gasteiger partial charge in [-0.05, 0) is 50.1 Å². The molecule has 0 aliphatic carbocycles. The molecule has 1 aromatic heterocycles. The summed E-state index contributed by atoms with van der Waals surface area (Å²) in [4.78, 5) is 20.5. The molecule has 0 amide bonds. The standard InChI is InChI=1S/C20H25N3O2/c1-14(2)22-8-10-23(11-9-22)19-12-15(3)18(13-21-19)16-4-6-17(7-5-16)20(24)25/h4-7,12-14H,8-11H2,1-3H3,(H,24,25). The van der Waals surface area contributed by atoms with E-state index in [2.05, 4.69) is 41.6 Å². The van der Waals surface area contributed by atoms with E-state index in [1.165, 1.54) is 0 Å². The van der Waals surface area contributed by atoms with E-state index >= 15 is 0 Å². The normalized spacial score (nSPS) is 15.6. The Kier molecular flexibility index (Phi) is 5.04. The highest BCUT2D eigenvalue weighted by atomic mass is 16.4.